The molecule has 0 bridgehead atoms. The van der Waals surface area contributed by atoms with E-state index >= 15 is 0 Å². The molecule has 102 valence electrons. The summed E-state index contributed by atoms with van der Waals surface area (Å²) in [5.41, 5.74) is 2.09. The van der Waals surface area contributed by atoms with Crippen molar-refractivity contribution < 1.29 is 4.92 Å². The molecular formula is C16H11N3O2. The molecule has 0 atom stereocenters. The average Bonchev–Trinajstić information content (AvgIpc) is 2.53. The molecule has 0 N–H and O–H groups in total. The Kier molecular flexibility index (Phi) is 3.39. The predicted octanol–water partition coefficient (Wildman–Crippen LogP) is 3.71. The SMILES string of the molecule is O=[N+]([O-])c1cccc2ccc(C=Cc3ccncc3)nc12. The molecule has 0 saturated carbocycles. The number of benzene rings is 1. The van der Waals surface area contributed by atoms with Crippen molar-refractivity contribution in [1.29, 1.82) is 0 Å². The average molecular weight is 277 g/mol. The van der Waals surface area contributed by atoms with Gasteiger partial charge in [0.25, 0.3) is 5.69 Å². The Bertz CT molecular complexity index is 829. The van der Waals surface area contributed by atoms with Gasteiger partial charge in [-0.1, -0.05) is 24.3 Å². The molecule has 5 nitrogen and oxygen atoms in total. The summed E-state index contributed by atoms with van der Waals surface area (Å²) < 4.78 is 0. The van der Waals surface area contributed by atoms with Crippen LogP contribution in [0.1, 0.15) is 11.3 Å². The monoisotopic (exact) mass is 277 g/mol. The number of nitrogens with zero attached hydrogens (tertiary/aromatic N) is 3. The zero-order valence-corrected chi connectivity index (χ0v) is 11.0. The van der Waals surface area contributed by atoms with Crippen LogP contribution in [0.2, 0.25) is 0 Å². The third-order valence-electron chi connectivity index (χ3n) is 3.07. The highest BCUT2D eigenvalue weighted by atomic mass is 16.6. The standard InChI is InChI=1S/C16H11N3O2/c20-19(21)15-3-1-2-13-5-7-14(18-16(13)15)6-4-12-8-10-17-11-9-12/h1-11H. The zero-order chi connectivity index (χ0) is 14.7. The van der Waals surface area contributed by atoms with E-state index in [0.29, 0.717) is 11.2 Å². The number of nitro groups is 1. The van der Waals surface area contributed by atoms with Crippen molar-refractivity contribution in [2.75, 3.05) is 0 Å². The number of fused-ring (bicyclic) bond motifs is 1. The molecule has 0 unspecified atom stereocenters. The normalized spacial score (nSPS) is 11.0. The molecular weight excluding hydrogens is 266 g/mol. The molecule has 0 saturated heterocycles. The van der Waals surface area contributed by atoms with Gasteiger partial charge in [0, 0.05) is 23.8 Å². The van der Waals surface area contributed by atoms with Gasteiger partial charge in [-0.15, -0.1) is 0 Å². The van der Waals surface area contributed by atoms with E-state index in [1.165, 1.54) is 6.07 Å². The van der Waals surface area contributed by atoms with Crippen LogP contribution in [0.15, 0.2) is 54.9 Å². The fourth-order valence-corrected chi connectivity index (χ4v) is 2.04. The quantitative estimate of drug-likeness (QED) is 0.540. The molecule has 0 fully saturated rings. The molecule has 3 aromatic rings. The molecule has 0 radical (unpaired) electrons. The molecule has 0 aliphatic rings. The summed E-state index contributed by atoms with van der Waals surface area (Å²) in [7, 11) is 0. The Morgan fingerprint density at radius 3 is 2.57 bits per heavy atom. The smallest absolute Gasteiger partial charge is 0.265 e. The Labute approximate surface area is 120 Å². The maximum absolute atomic E-state index is 11.0. The van der Waals surface area contributed by atoms with Crippen LogP contribution in [0.3, 0.4) is 0 Å². The Balaban J connectivity index is 2.03. The minimum Gasteiger partial charge on any atom is -0.265 e. The Hall–Kier alpha value is -3.08. The summed E-state index contributed by atoms with van der Waals surface area (Å²) in [6.45, 7) is 0. The van der Waals surface area contributed by atoms with Gasteiger partial charge in [0.1, 0.15) is 5.52 Å². The number of para-hydroxylation sites is 1. The van der Waals surface area contributed by atoms with Gasteiger partial charge >= 0.3 is 0 Å². The first-order valence-corrected chi connectivity index (χ1v) is 6.36. The van der Waals surface area contributed by atoms with E-state index in [2.05, 4.69) is 9.97 Å². The summed E-state index contributed by atoms with van der Waals surface area (Å²) in [5.74, 6) is 0. The number of pyridine rings is 2. The van der Waals surface area contributed by atoms with Crippen molar-refractivity contribution in [1.82, 2.24) is 9.97 Å². The molecule has 21 heavy (non-hydrogen) atoms. The lowest BCUT2D eigenvalue weighted by atomic mass is 10.1. The molecule has 0 amide bonds. The lowest BCUT2D eigenvalue weighted by molar-refractivity contribution is -0.383. The topological polar surface area (TPSA) is 68.9 Å². The van der Waals surface area contributed by atoms with Crippen molar-refractivity contribution in [3.63, 3.8) is 0 Å². The predicted molar refractivity (Wildman–Crippen MR) is 81.6 cm³/mol. The Morgan fingerprint density at radius 2 is 1.81 bits per heavy atom. The van der Waals surface area contributed by atoms with Crippen LogP contribution in [0.4, 0.5) is 5.69 Å². The second-order valence-electron chi connectivity index (χ2n) is 4.46. The summed E-state index contributed by atoms with van der Waals surface area (Å²) >= 11 is 0. The highest BCUT2D eigenvalue weighted by molar-refractivity contribution is 5.88. The van der Waals surface area contributed by atoms with Crippen LogP contribution in [0.25, 0.3) is 23.1 Å². The van der Waals surface area contributed by atoms with Crippen LogP contribution in [-0.2, 0) is 0 Å². The van der Waals surface area contributed by atoms with Gasteiger partial charge in [0.05, 0.1) is 10.6 Å². The molecule has 5 heteroatoms. The third-order valence-corrected chi connectivity index (χ3v) is 3.07. The number of hydrogen-bond donors (Lipinski definition) is 0. The zero-order valence-electron chi connectivity index (χ0n) is 11.0. The van der Waals surface area contributed by atoms with Gasteiger partial charge in [-0.05, 0) is 29.8 Å². The molecule has 0 spiro atoms. The van der Waals surface area contributed by atoms with E-state index in [4.69, 9.17) is 0 Å². The second kappa shape index (κ2) is 5.50. The number of nitro benzene ring substituents is 1. The van der Waals surface area contributed by atoms with Crippen LogP contribution < -0.4 is 0 Å². The minimum absolute atomic E-state index is 0.0201. The lowest BCUT2D eigenvalue weighted by Crippen LogP contribution is -1.92. The van der Waals surface area contributed by atoms with Crippen LogP contribution in [0, 0.1) is 10.1 Å². The molecule has 3 rings (SSSR count). The van der Waals surface area contributed by atoms with E-state index in [-0.39, 0.29) is 5.69 Å². The van der Waals surface area contributed by atoms with E-state index in [9.17, 15) is 10.1 Å². The minimum atomic E-state index is -0.411. The number of hydrogen-bond acceptors (Lipinski definition) is 4. The van der Waals surface area contributed by atoms with Crippen molar-refractivity contribution >= 4 is 28.7 Å². The molecule has 1 aromatic carbocycles. The summed E-state index contributed by atoms with van der Waals surface area (Å²) in [6, 6.07) is 12.4. The van der Waals surface area contributed by atoms with E-state index in [0.717, 1.165) is 10.9 Å². The van der Waals surface area contributed by atoms with Crippen molar-refractivity contribution in [2.45, 2.75) is 0 Å². The van der Waals surface area contributed by atoms with Gasteiger partial charge < -0.3 is 0 Å². The largest absolute Gasteiger partial charge is 0.295 e. The molecule has 0 aliphatic heterocycles. The van der Waals surface area contributed by atoms with Crippen molar-refractivity contribution in [3.05, 3.63) is 76.2 Å². The highest BCUT2D eigenvalue weighted by Gasteiger charge is 2.12. The van der Waals surface area contributed by atoms with Crippen molar-refractivity contribution in [3.8, 4) is 0 Å². The first kappa shape index (κ1) is 12.9. The Morgan fingerprint density at radius 1 is 1.00 bits per heavy atom. The first-order valence-electron chi connectivity index (χ1n) is 6.36. The highest BCUT2D eigenvalue weighted by Crippen LogP contribution is 2.24. The number of aromatic nitrogens is 2. The molecule has 2 aromatic heterocycles. The van der Waals surface area contributed by atoms with Gasteiger partial charge in [0.2, 0.25) is 0 Å². The third kappa shape index (κ3) is 2.76. The number of rotatable bonds is 3. The van der Waals surface area contributed by atoms with Crippen LogP contribution in [-0.4, -0.2) is 14.9 Å². The van der Waals surface area contributed by atoms with Crippen LogP contribution in [0.5, 0.6) is 0 Å². The van der Waals surface area contributed by atoms with Gasteiger partial charge in [-0.25, -0.2) is 4.98 Å². The van der Waals surface area contributed by atoms with Gasteiger partial charge in [-0.2, -0.15) is 0 Å². The lowest BCUT2D eigenvalue weighted by Gasteiger charge is -2.00. The fraction of sp³-hybridized carbons (Fsp3) is 0. The van der Waals surface area contributed by atoms with Crippen LogP contribution >= 0.6 is 0 Å². The van der Waals surface area contributed by atoms with Gasteiger partial charge in [-0.3, -0.25) is 15.1 Å². The maximum Gasteiger partial charge on any atom is 0.295 e. The summed E-state index contributed by atoms with van der Waals surface area (Å²) in [4.78, 5) is 19.0. The first-order chi connectivity index (χ1) is 10.2. The second-order valence-corrected chi connectivity index (χ2v) is 4.46. The summed E-state index contributed by atoms with van der Waals surface area (Å²) in [6.07, 6.45) is 7.13. The van der Waals surface area contributed by atoms with E-state index in [1.807, 2.05) is 42.5 Å². The fourth-order valence-electron chi connectivity index (χ4n) is 2.04. The van der Waals surface area contributed by atoms with E-state index < -0.39 is 4.92 Å². The van der Waals surface area contributed by atoms with E-state index in [1.54, 1.807) is 18.5 Å². The number of non-ortho nitro benzene ring substituents is 1. The van der Waals surface area contributed by atoms with Gasteiger partial charge in [0.15, 0.2) is 0 Å². The van der Waals surface area contributed by atoms with Crippen molar-refractivity contribution in [2.24, 2.45) is 0 Å². The summed E-state index contributed by atoms with van der Waals surface area (Å²) in [5, 5.41) is 11.8. The molecule has 2 heterocycles. The molecule has 0 aliphatic carbocycles. The maximum atomic E-state index is 11.0.